The molecule has 0 aromatic heterocycles. The highest BCUT2D eigenvalue weighted by Crippen LogP contribution is 2.08. The largest absolute Gasteiger partial charge is 0.356 e. The van der Waals surface area contributed by atoms with Gasteiger partial charge in [-0.25, -0.2) is 0 Å². The first-order valence-electron chi connectivity index (χ1n) is 5.18. The van der Waals surface area contributed by atoms with E-state index in [0.717, 1.165) is 19.6 Å². The molecule has 3 heteroatoms. The Morgan fingerprint density at radius 3 is 2.92 bits per heavy atom. The molecule has 1 saturated heterocycles. The van der Waals surface area contributed by atoms with E-state index in [4.69, 9.17) is 0 Å². The molecular formula is C10H20N2O. The van der Waals surface area contributed by atoms with E-state index in [1.807, 2.05) is 13.8 Å². The molecule has 1 fully saturated rings. The van der Waals surface area contributed by atoms with Crippen LogP contribution in [0.4, 0.5) is 0 Å². The van der Waals surface area contributed by atoms with Gasteiger partial charge in [-0.1, -0.05) is 13.8 Å². The van der Waals surface area contributed by atoms with E-state index in [1.54, 1.807) is 0 Å². The minimum Gasteiger partial charge on any atom is -0.356 e. The van der Waals surface area contributed by atoms with Crippen LogP contribution in [0.25, 0.3) is 0 Å². The summed E-state index contributed by atoms with van der Waals surface area (Å²) < 4.78 is 0. The van der Waals surface area contributed by atoms with Crippen molar-refractivity contribution in [3.8, 4) is 0 Å². The molecular weight excluding hydrogens is 164 g/mol. The van der Waals surface area contributed by atoms with Gasteiger partial charge in [-0.15, -0.1) is 0 Å². The Kier molecular flexibility index (Phi) is 4.22. The average Bonchev–Trinajstić information content (AvgIpc) is 2.15. The molecule has 0 spiro atoms. The van der Waals surface area contributed by atoms with Crippen LogP contribution in [0.2, 0.25) is 0 Å². The summed E-state index contributed by atoms with van der Waals surface area (Å²) in [6.45, 7) is 6.87. The molecule has 0 saturated carbocycles. The minimum absolute atomic E-state index is 0.108. The number of hydrogen-bond donors (Lipinski definition) is 2. The number of carbonyl (C=O) groups excluding carboxylic acids is 1. The molecule has 13 heavy (non-hydrogen) atoms. The molecule has 0 unspecified atom stereocenters. The van der Waals surface area contributed by atoms with Crippen LogP contribution in [0.15, 0.2) is 0 Å². The summed E-state index contributed by atoms with van der Waals surface area (Å²) in [5.74, 6) is 0.915. The molecule has 0 radical (unpaired) electrons. The first-order chi connectivity index (χ1) is 6.20. The summed E-state index contributed by atoms with van der Waals surface area (Å²) in [4.78, 5) is 11.3. The summed E-state index contributed by atoms with van der Waals surface area (Å²) in [6, 6.07) is 0. The summed E-state index contributed by atoms with van der Waals surface area (Å²) in [5.41, 5.74) is 0. The highest BCUT2D eigenvalue weighted by atomic mass is 16.1. The predicted molar refractivity (Wildman–Crippen MR) is 53.4 cm³/mol. The van der Waals surface area contributed by atoms with Crippen molar-refractivity contribution in [2.45, 2.75) is 26.7 Å². The first kappa shape index (κ1) is 10.5. The minimum atomic E-state index is 0.108. The van der Waals surface area contributed by atoms with Crippen LogP contribution in [-0.2, 0) is 4.79 Å². The van der Waals surface area contributed by atoms with Crippen LogP contribution < -0.4 is 10.6 Å². The second kappa shape index (κ2) is 5.22. The van der Waals surface area contributed by atoms with E-state index in [0.29, 0.717) is 5.92 Å². The van der Waals surface area contributed by atoms with Gasteiger partial charge in [0.2, 0.25) is 5.91 Å². The van der Waals surface area contributed by atoms with Gasteiger partial charge >= 0.3 is 0 Å². The zero-order chi connectivity index (χ0) is 9.68. The lowest BCUT2D eigenvalue weighted by atomic mass is 9.99. The van der Waals surface area contributed by atoms with Gasteiger partial charge in [0.25, 0.3) is 0 Å². The molecule has 1 amide bonds. The summed E-state index contributed by atoms with van der Waals surface area (Å²) >= 11 is 0. The number of nitrogens with one attached hydrogen (secondary N) is 2. The zero-order valence-corrected chi connectivity index (χ0v) is 8.60. The van der Waals surface area contributed by atoms with E-state index in [2.05, 4.69) is 10.6 Å². The molecule has 1 aliphatic rings. The van der Waals surface area contributed by atoms with Crippen LogP contribution in [0, 0.1) is 11.8 Å². The molecule has 0 bridgehead atoms. The van der Waals surface area contributed by atoms with Crippen molar-refractivity contribution < 1.29 is 4.79 Å². The Bertz CT molecular complexity index is 162. The molecule has 3 nitrogen and oxygen atoms in total. The van der Waals surface area contributed by atoms with Crippen molar-refractivity contribution in [3.63, 3.8) is 0 Å². The van der Waals surface area contributed by atoms with E-state index in [1.165, 1.54) is 12.8 Å². The van der Waals surface area contributed by atoms with Crippen LogP contribution in [-0.4, -0.2) is 25.5 Å². The number of carbonyl (C=O) groups is 1. The SMILES string of the molecule is CC(C)C(=O)NC[C@H]1CCCNC1. The molecule has 0 aliphatic carbocycles. The van der Waals surface area contributed by atoms with Crippen LogP contribution in [0.1, 0.15) is 26.7 Å². The summed E-state index contributed by atoms with van der Waals surface area (Å²) in [6.07, 6.45) is 2.48. The van der Waals surface area contributed by atoms with Crippen molar-refractivity contribution in [1.29, 1.82) is 0 Å². The van der Waals surface area contributed by atoms with Crippen LogP contribution >= 0.6 is 0 Å². The van der Waals surface area contributed by atoms with E-state index in [9.17, 15) is 4.79 Å². The van der Waals surface area contributed by atoms with Gasteiger partial charge in [0, 0.05) is 12.5 Å². The molecule has 1 rings (SSSR count). The van der Waals surface area contributed by atoms with Gasteiger partial charge in [-0.05, 0) is 31.8 Å². The van der Waals surface area contributed by atoms with E-state index < -0.39 is 0 Å². The summed E-state index contributed by atoms with van der Waals surface area (Å²) in [5, 5.41) is 6.31. The lowest BCUT2D eigenvalue weighted by molar-refractivity contribution is -0.124. The standard InChI is InChI=1S/C10H20N2O/c1-8(2)10(13)12-7-9-4-3-5-11-6-9/h8-9,11H,3-7H2,1-2H3,(H,12,13)/t9-/m0/s1. The van der Waals surface area contributed by atoms with Crippen molar-refractivity contribution >= 4 is 5.91 Å². The fraction of sp³-hybridized carbons (Fsp3) is 0.900. The van der Waals surface area contributed by atoms with E-state index in [-0.39, 0.29) is 11.8 Å². The lowest BCUT2D eigenvalue weighted by Crippen LogP contribution is -2.39. The number of rotatable bonds is 3. The van der Waals surface area contributed by atoms with Crippen molar-refractivity contribution in [2.24, 2.45) is 11.8 Å². The maximum atomic E-state index is 11.3. The number of piperidine rings is 1. The predicted octanol–water partition coefficient (Wildman–Crippen LogP) is 0.758. The molecule has 76 valence electrons. The van der Waals surface area contributed by atoms with Crippen molar-refractivity contribution in [1.82, 2.24) is 10.6 Å². The van der Waals surface area contributed by atoms with Gasteiger partial charge in [0.05, 0.1) is 0 Å². The third-order valence-electron chi connectivity index (χ3n) is 2.49. The second-order valence-corrected chi connectivity index (χ2v) is 4.11. The van der Waals surface area contributed by atoms with Crippen LogP contribution in [0.5, 0.6) is 0 Å². The molecule has 1 aliphatic heterocycles. The second-order valence-electron chi connectivity index (χ2n) is 4.11. The van der Waals surface area contributed by atoms with Crippen LogP contribution in [0.3, 0.4) is 0 Å². The molecule has 1 atom stereocenters. The highest BCUT2D eigenvalue weighted by Gasteiger charge is 2.14. The highest BCUT2D eigenvalue weighted by molar-refractivity contribution is 5.77. The third-order valence-corrected chi connectivity index (χ3v) is 2.49. The maximum absolute atomic E-state index is 11.3. The Balaban J connectivity index is 2.13. The Labute approximate surface area is 80.3 Å². The fourth-order valence-electron chi connectivity index (χ4n) is 1.55. The number of hydrogen-bond acceptors (Lipinski definition) is 2. The molecule has 0 aromatic carbocycles. The zero-order valence-electron chi connectivity index (χ0n) is 8.60. The van der Waals surface area contributed by atoms with Crippen molar-refractivity contribution in [3.05, 3.63) is 0 Å². The molecule has 1 heterocycles. The van der Waals surface area contributed by atoms with E-state index >= 15 is 0 Å². The fourth-order valence-corrected chi connectivity index (χ4v) is 1.55. The topological polar surface area (TPSA) is 41.1 Å². The maximum Gasteiger partial charge on any atom is 0.222 e. The Morgan fingerprint density at radius 1 is 1.62 bits per heavy atom. The van der Waals surface area contributed by atoms with Gasteiger partial charge in [-0.2, -0.15) is 0 Å². The quantitative estimate of drug-likeness (QED) is 0.680. The average molecular weight is 184 g/mol. The molecule has 2 N–H and O–H groups in total. The van der Waals surface area contributed by atoms with Gasteiger partial charge in [-0.3, -0.25) is 4.79 Å². The summed E-state index contributed by atoms with van der Waals surface area (Å²) in [7, 11) is 0. The van der Waals surface area contributed by atoms with Gasteiger partial charge in [0.15, 0.2) is 0 Å². The van der Waals surface area contributed by atoms with Gasteiger partial charge < -0.3 is 10.6 Å². The Hall–Kier alpha value is -0.570. The lowest BCUT2D eigenvalue weighted by Gasteiger charge is -2.23. The smallest absolute Gasteiger partial charge is 0.222 e. The van der Waals surface area contributed by atoms with Crippen molar-refractivity contribution in [2.75, 3.05) is 19.6 Å². The molecule has 0 aromatic rings. The monoisotopic (exact) mass is 184 g/mol. The van der Waals surface area contributed by atoms with Gasteiger partial charge in [0.1, 0.15) is 0 Å². The first-order valence-corrected chi connectivity index (χ1v) is 5.18. The number of amides is 1. The normalized spacial score (nSPS) is 23.2. The Morgan fingerprint density at radius 2 is 2.38 bits per heavy atom. The third kappa shape index (κ3) is 3.77.